The van der Waals surface area contributed by atoms with Crippen molar-refractivity contribution in [3.63, 3.8) is 0 Å². The molecule has 2 N–H and O–H groups in total. The van der Waals surface area contributed by atoms with Crippen molar-refractivity contribution in [3.05, 3.63) is 122 Å². The second-order valence-electron chi connectivity index (χ2n) is 15.0. The molecule has 2 aliphatic carbocycles. The summed E-state index contributed by atoms with van der Waals surface area (Å²) >= 11 is 19.2. The number of benzene rings is 4. The molecule has 6 unspecified atom stereocenters. The molecule has 8 rings (SSSR count). The smallest absolute Gasteiger partial charge is 0.416 e. The minimum Gasteiger partial charge on any atom is -0.503 e. The average Bonchev–Trinajstić information content (AvgIpc) is 3.59. The van der Waals surface area contributed by atoms with Gasteiger partial charge in [-0.2, -0.15) is 31.4 Å². The highest BCUT2D eigenvalue weighted by molar-refractivity contribution is 6.36. The third-order valence-corrected chi connectivity index (χ3v) is 12.9. The van der Waals surface area contributed by atoms with Crippen LogP contribution >= 0.6 is 34.8 Å². The molecule has 3 fully saturated rings. The maximum atomic E-state index is 15.5. The van der Waals surface area contributed by atoms with E-state index in [1.807, 2.05) is 0 Å². The summed E-state index contributed by atoms with van der Waals surface area (Å²) < 4.78 is 94.7. The molecule has 0 bridgehead atoms. The highest BCUT2D eigenvalue weighted by Gasteiger charge is 2.70. The molecule has 0 radical (unpaired) electrons. The van der Waals surface area contributed by atoms with Gasteiger partial charge in [0.2, 0.25) is 11.8 Å². The topological polar surface area (TPSA) is 125 Å². The number of aromatic hydroxyl groups is 1. The first-order chi connectivity index (χ1) is 28.7. The Labute approximate surface area is 357 Å². The van der Waals surface area contributed by atoms with Gasteiger partial charge in [-0.25, -0.2) is 4.90 Å². The number of fused-ring (bicyclic) bond motifs is 4. The molecular formula is C42H30Cl3F6N3O7. The fourth-order valence-electron chi connectivity index (χ4n) is 9.46. The van der Waals surface area contributed by atoms with Crippen LogP contribution < -0.4 is 19.8 Å². The summed E-state index contributed by atoms with van der Waals surface area (Å²) in [4.78, 5) is 59.6. The third kappa shape index (κ3) is 6.65. The molecule has 4 aliphatic rings. The molecule has 318 valence electrons. The number of phenols is 1. The highest BCUT2D eigenvalue weighted by atomic mass is 35.5. The summed E-state index contributed by atoms with van der Waals surface area (Å²) in [5, 5.41) is 11.7. The van der Waals surface area contributed by atoms with Gasteiger partial charge >= 0.3 is 12.4 Å². The molecule has 2 aliphatic heterocycles. The van der Waals surface area contributed by atoms with Crippen LogP contribution in [0.1, 0.15) is 41.0 Å². The number of amides is 4. The second-order valence-corrected chi connectivity index (χ2v) is 16.3. The zero-order chi connectivity index (χ0) is 44.1. The standard InChI is InChI=1S/C42H30Cl3F6N3O7/c1-60-24-6-3-19(4-7-24)40-28(37(57)54(39(40)59)52-31-10-5-22(43)16-29(31)44)17-27-25(34(40)18-11-30(45)35(55)32(12-18)61-2)8-9-26-33(27)38(58)53(36(26)56)23-14-20(41(46,47)48)13-21(15-23)42(49,50)51/h3-8,10-16,26-28,33-34,52,55H,9,17H2,1-2H3. The van der Waals surface area contributed by atoms with Gasteiger partial charge in [0.25, 0.3) is 11.8 Å². The van der Waals surface area contributed by atoms with Crippen LogP contribution in [0.15, 0.2) is 84.4 Å². The fraction of sp³-hybridized carbons (Fsp3) is 0.286. The summed E-state index contributed by atoms with van der Waals surface area (Å²) in [7, 11) is 2.68. The minimum absolute atomic E-state index is 0.0470. The van der Waals surface area contributed by atoms with Crippen molar-refractivity contribution in [2.75, 3.05) is 24.5 Å². The number of anilines is 2. The maximum absolute atomic E-state index is 15.5. The van der Waals surface area contributed by atoms with Crippen molar-refractivity contribution in [1.82, 2.24) is 5.01 Å². The van der Waals surface area contributed by atoms with Crippen LogP contribution in [-0.4, -0.2) is 48.0 Å². The number of nitrogens with zero attached hydrogens (tertiary/aromatic N) is 2. The average molecular weight is 909 g/mol. The van der Waals surface area contributed by atoms with Crippen LogP contribution in [-0.2, 0) is 36.9 Å². The van der Waals surface area contributed by atoms with Crippen LogP contribution in [0, 0.1) is 23.7 Å². The van der Waals surface area contributed by atoms with E-state index in [-0.39, 0.29) is 51.0 Å². The maximum Gasteiger partial charge on any atom is 0.416 e. The van der Waals surface area contributed by atoms with Gasteiger partial charge in [0.05, 0.1) is 69.9 Å². The van der Waals surface area contributed by atoms with Gasteiger partial charge in [0.15, 0.2) is 11.5 Å². The highest BCUT2D eigenvalue weighted by Crippen LogP contribution is 2.65. The van der Waals surface area contributed by atoms with Gasteiger partial charge in [-0.3, -0.25) is 24.6 Å². The molecule has 4 aromatic rings. The Bertz CT molecular complexity index is 2540. The molecular weight excluding hydrogens is 879 g/mol. The minimum atomic E-state index is -5.28. The number of alkyl halides is 6. The van der Waals surface area contributed by atoms with Crippen molar-refractivity contribution in [2.24, 2.45) is 23.7 Å². The number of ether oxygens (including phenoxy) is 2. The summed E-state index contributed by atoms with van der Waals surface area (Å²) in [6.45, 7) is 0. The molecule has 1 saturated carbocycles. The van der Waals surface area contributed by atoms with Gasteiger partial charge in [-0.05, 0) is 90.6 Å². The summed E-state index contributed by atoms with van der Waals surface area (Å²) in [5.74, 6) is -10.2. The van der Waals surface area contributed by atoms with Crippen LogP contribution in [0.4, 0.5) is 37.7 Å². The van der Waals surface area contributed by atoms with E-state index in [1.165, 1.54) is 44.6 Å². The molecule has 4 aromatic carbocycles. The first-order valence-corrected chi connectivity index (χ1v) is 19.5. The van der Waals surface area contributed by atoms with Gasteiger partial charge in [0, 0.05) is 10.9 Å². The zero-order valence-electron chi connectivity index (χ0n) is 31.5. The number of rotatable bonds is 7. The lowest BCUT2D eigenvalue weighted by molar-refractivity contribution is -0.143. The van der Waals surface area contributed by atoms with Gasteiger partial charge < -0.3 is 14.6 Å². The van der Waals surface area contributed by atoms with Crippen LogP contribution in [0.25, 0.3) is 0 Å². The molecule has 0 spiro atoms. The van der Waals surface area contributed by atoms with Crippen molar-refractivity contribution in [3.8, 4) is 17.2 Å². The Morgan fingerprint density at radius 3 is 2.02 bits per heavy atom. The molecule has 4 amide bonds. The Morgan fingerprint density at radius 2 is 1.43 bits per heavy atom. The lowest BCUT2D eigenvalue weighted by Crippen LogP contribution is -2.53. The van der Waals surface area contributed by atoms with Gasteiger partial charge in [-0.15, -0.1) is 0 Å². The molecule has 2 heterocycles. The van der Waals surface area contributed by atoms with E-state index in [1.54, 1.807) is 30.3 Å². The number of hydrogen-bond donors (Lipinski definition) is 2. The summed E-state index contributed by atoms with van der Waals surface area (Å²) in [5.41, 5.74) is -2.44. The SMILES string of the molecule is COc1ccc(C23C(=O)N(Nc4ccc(Cl)cc4Cl)C(=O)C2CC2C(=CCC4C(=O)N(c5cc(C(F)(F)F)cc(C(F)(F)F)c5)C(=O)C42)C3c2cc(Cl)c(O)c(OC)c2)cc1. The van der Waals surface area contributed by atoms with Gasteiger partial charge in [0.1, 0.15) is 5.75 Å². The molecule has 61 heavy (non-hydrogen) atoms. The quantitative estimate of drug-likeness (QED) is 0.107. The van der Waals surface area contributed by atoms with Crippen LogP contribution in [0.3, 0.4) is 0 Å². The Hall–Kier alpha value is -5.45. The normalized spacial score (nSPS) is 25.0. The lowest BCUT2D eigenvalue weighted by atomic mass is 9.49. The Balaban J connectivity index is 1.34. The van der Waals surface area contributed by atoms with E-state index < -0.39 is 93.5 Å². The van der Waals surface area contributed by atoms with Crippen molar-refractivity contribution in [2.45, 2.75) is 36.5 Å². The first kappa shape index (κ1) is 42.2. The molecule has 19 heteroatoms. The van der Waals surface area contributed by atoms with Gasteiger partial charge in [-0.1, -0.05) is 58.6 Å². The predicted octanol–water partition coefficient (Wildman–Crippen LogP) is 9.60. The van der Waals surface area contributed by atoms with Crippen molar-refractivity contribution < 1.29 is 60.1 Å². The monoisotopic (exact) mass is 907 g/mol. The fourth-order valence-corrected chi connectivity index (χ4v) is 10.1. The number of carbonyl (C=O) groups is 4. The molecule has 0 aromatic heterocycles. The zero-order valence-corrected chi connectivity index (χ0v) is 33.8. The number of phenolic OH excluding ortho intramolecular Hbond substituents is 1. The Morgan fingerprint density at radius 1 is 0.770 bits per heavy atom. The number of methoxy groups -OCH3 is 2. The number of allylic oxidation sites excluding steroid dienone is 2. The van der Waals surface area contributed by atoms with E-state index in [9.17, 15) is 45.8 Å². The molecule has 6 atom stereocenters. The van der Waals surface area contributed by atoms with E-state index >= 15 is 4.79 Å². The predicted molar refractivity (Wildman–Crippen MR) is 209 cm³/mol. The van der Waals surface area contributed by atoms with Crippen molar-refractivity contribution >= 4 is 69.8 Å². The summed E-state index contributed by atoms with van der Waals surface area (Å²) in [6.07, 6.45) is -9.46. The number of halogens is 9. The first-order valence-electron chi connectivity index (χ1n) is 18.4. The van der Waals surface area contributed by atoms with E-state index in [0.29, 0.717) is 33.9 Å². The van der Waals surface area contributed by atoms with Crippen molar-refractivity contribution in [1.29, 1.82) is 0 Å². The molecule has 10 nitrogen and oxygen atoms in total. The number of nitrogens with one attached hydrogen (secondary N) is 1. The van der Waals surface area contributed by atoms with E-state index in [0.717, 1.165) is 5.01 Å². The largest absolute Gasteiger partial charge is 0.503 e. The number of hydrazine groups is 1. The lowest BCUT2D eigenvalue weighted by Gasteiger charge is -2.50. The van der Waals surface area contributed by atoms with E-state index in [4.69, 9.17) is 44.3 Å². The number of hydrogen-bond acceptors (Lipinski definition) is 8. The Kier molecular flexibility index (Phi) is 10.3. The van der Waals surface area contributed by atoms with Crippen LogP contribution in [0.5, 0.6) is 17.2 Å². The van der Waals surface area contributed by atoms with E-state index in [2.05, 4.69) is 5.43 Å². The number of carbonyl (C=O) groups excluding carboxylic acids is 4. The van der Waals surface area contributed by atoms with Crippen LogP contribution in [0.2, 0.25) is 15.1 Å². The number of imide groups is 2. The second kappa shape index (κ2) is 14.9. The molecule has 2 saturated heterocycles. The summed E-state index contributed by atoms with van der Waals surface area (Å²) in [6, 6.07) is 13.9. The third-order valence-electron chi connectivity index (χ3n) is 12.0.